The normalized spacial score (nSPS) is 12.5. The zero-order valence-corrected chi connectivity index (χ0v) is 12.0. The molecule has 0 aliphatic heterocycles. The fourth-order valence-corrected chi connectivity index (χ4v) is 2.15. The summed E-state index contributed by atoms with van der Waals surface area (Å²) in [5, 5.41) is 0. The van der Waals surface area contributed by atoms with E-state index in [1.54, 1.807) is 0 Å². The minimum absolute atomic E-state index is 0.0193. The molecular weight excluding hydrogens is 264 g/mol. The van der Waals surface area contributed by atoms with E-state index in [2.05, 4.69) is 17.1 Å². The van der Waals surface area contributed by atoms with Gasteiger partial charge >= 0.3 is 0 Å². The summed E-state index contributed by atoms with van der Waals surface area (Å²) in [5.41, 5.74) is 8.32. The lowest BCUT2D eigenvalue weighted by atomic mass is 10.1. The Morgan fingerprint density at radius 1 is 1.19 bits per heavy atom. The summed E-state index contributed by atoms with van der Waals surface area (Å²) in [6, 6.07) is 15.8. The lowest BCUT2D eigenvalue weighted by Gasteiger charge is -2.11. The summed E-state index contributed by atoms with van der Waals surface area (Å²) in [5.74, 6) is 1.46. The Hall–Kier alpha value is -2.33. The monoisotopic (exact) mass is 282 g/mol. The van der Waals surface area contributed by atoms with Crippen LogP contribution in [0.15, 0.2) is 52.9 Å². The van der Waals surface area contributed by atoms with E-state index in [9.17, 15) is 0 Å². The summed E-state index contributed by atoms with van der Waals surface area (Å²) in [7, 11) is 0. The molecule has 1 atom stereocenters. The van der Waals surface area contributed by atoms with Gasteiger partial charge in [-0.2, -0.15) is 0 Å². The van der Waals surface area contributed by atoms with Crippen LogP contribution in [0.5, 0.6) is 5.75 Å². The quantitative estimate of drug-likeness (QED) is 0.781. The van der Waals surface area contributed by atoms with E-state index in [1.165, 1.54) is 5.56 Å². The Kier molecular flexibility index (Phi) is 3.88. The molecule has 21 heavy (non-hydrogen) atoms. The molecule has 2 aromatic carbocycles. The maximum absolute atomic E-state index is 5.81. The molecule has 1 aromatic heterocycles. The molecule has 108 valence electrons. The largest absolute Gasteiger partial charge is 0.489 e. The molecule has 0 saturated carbocycles. The number of hydrogen-bond donors (Lipinski definition) is 1. The first-order chi connectivity index (χ1) is 10.2. The first-order valence-electron chi connectivity index (χ1n) is 7.04. The molecule has 3 aromatic rings. The lowest BCUT2D eigenvalue weighted by molar-refractivity contribution is 0.230. The highest BCUT2D eigenvalue weighted by atomic mass is 16.5. The number of hydrogen-bond acceptors (Lipinski definition) is 4. The molecule has 0 radical (unpaired) electrons. The Balaban J connectivity index is 1.83. The van der Waals surface area contributed by atoms with E-state index < -0.39 is 0 Å². The smallest absolute Gasteiger partial charge is 0.199 e. The standard InChI is InChI=1S/C17H18N2O2/c1-12(11-18)20-14-7-8-15-16(10-14)21-17(19-15)9-13-5-3-2-4-6-13/h2-8,10,12H,9,11,18H2,1H3. The molecule has 0 fully saturated rings. The van der Waals surface area contributed by atoms with Crippen LogP contribution in [0.1, 0.15) is 18.4 Å². The third-order valence-corrected chi connectivity index (χ3v) is 3.27. The van der Waals surface area contributed by atoms with Crippen LogP contribution in [0.25, 0.3) is 11.1 Å². The third kappa shape index (κ3) is 3.23. The van der Waals surface area contributed by atoms with Crippen molar-refractivity contribution in [3.63, 3.8) is 0 Å². The second kappa shape index (κ2) is 5.97. The predicted octanol–water partition coefficient (Wildman–Crippen LogP) is 3.14. The van der Waals surface area contributed by atoms with Crippen LogP contribution in [-0.4, -0.2) is 17.6 Å². The molecule has 1 heterocycles. The van der Waals surface area contributed by atoms with Crippen molar-refractivity contribution >= 4 is 11.1 Å². The van der Waals surface area contributed by atoms with Crippen LogP contribution in [0.2, 0.25) is 0 Å². The van der Waals surface area contributed by atoms with Crippen molar-refractivity contribution in [2.45, 2.75) is 19.4 Å². The Bertz CT molecular complexity index is 722. The fraction of sp³-hybridized carbons (Fsp3) is 0.235. The van der Waals surface area contributed by atoms with Gasteiger partial charge in [0.05, 0.1) is 0 Å². The van der Waals surface area contributed by atoms with Gasteiger partial charge in [0.2, 0.25) is 0 Å². The highest BCUT2D eigenvalue weighted by molar-refractivity contribution is 5.74. The average molecular weight is 282 g/mol. The van der Waals surface area contributed by atoms with Gasteiger partial charge in [0, 0.05) is 19.0 Å². The van der Waals surface area contributed by atoms with Crippen molar-refractivity contribution in [1.29, 1.82) is 0 Å². The molecule has 2 N–H and O–H groups in total. The number of nitrogens with two attached hydrogens (primary N) is 1. The summed E-state index contributed by atoms with van der Waals surface area (Å²) >= 11 is 0. The van der Waals surface area contributed by atoms with Crippen molar-refractivity contribution < 1.29 is 9.15 Å². The molecule has 0 bridgehead atoms. The van der Waals surface area contributed by atoms with Crippen LogP contribution in [0.4, 0.5) is 0 Å². The average Bonchev–Trinajstić information content (AvgIpc) is 2.89. The number of nitrogens with zero attached hydrogens (tertiary/aromatic N) is 1. The molecule has 1 unspecified atom stereocenters. The van der Waals surface area contributed by atoms with E-state index in [1.807, 2.05) is 43.3 Å². The van der Waals surface area contributed by atoms with Crippen LogP contribution >= 0.6 is 0 Å². The number of ether oxygens (including phenoxy) is 1. The van der Waals surface area contributed by atoms with Gasteiger partial charge in [0.15, 0.2) is 11.5 Å². The maximum Gasteiger partial charge on any atom is 0.199 e. The van der Waals surface area contributed by atoms with Gasteiger partial charge in [-0.3, -0.25) is 0 Å². The molecule has 4 heteroatoms. The molecule has 3 rings (SSSR count). The highest BCUT2D eigenvalue weighted by Gasteiger charge is 2.09. The van der Waals surface area contributed by atoms with Crippen LogP contribution in [-0.2, 0) is 6.42 Å². The topological polar surface area (TPSA) is 61.3 Å². The second-order valence-electron chi connectivity index (χ2n) is 5.06. The van der Waals surface area contributed by atoms with Gasteiger partial charge in [0.25, 0.3) is 0 Å². The van der Waals surface area contributed by atoms with E-state index in [0.717, 1.165) is 16.8 Å². The Morgan fingerprint density at radius 3 is 2.76 bits per heavy atom. The summed E-state index contributed by atoms with van der Waals surface area (Å²) in [6.07, 6.45) is 0.666. The van der Waals surface area contributed by atoms with Gasteiger partial charge in [0.1, 0.15) is 17.4 Å². The van der Waals surface area contributed by atoms with E-state index >= 15 is 0 Å². The Labute approximate surface area is 123 Å². The number of benzene rings is 2. The molecule has 0 amide bonds. The molecule has 0 aliphatic carbocycles. The molecule has 4 nitrogen and oxygen atoms in total. The van der Waals surface area contributed by atoms with Crippen molar-refractivity contribution in [3.8, 4) is 5.75 Å². The molecule has 0 saturated heterocycles. The van der Waals surface area contributed by atoms with Gasteiger partial charge in [-0.1, -0.05) is 30.3 Å². The first kappa shape index (κ1) is 13.6. The van der Waals surface area contributed by atoms with E-state index in [4.69, 9.17) is 14.9 Å². The van der Waals surface area contributed by atoms with Crippen molar-refractivity contribution in [1.82, 2.24) is 4.98 Å². The van der Waals surface area contributed by atoms with Gasteiger partial charge in [-0.25, -0.2) is 4.98 Å². The first-order valence-corrected chi connectivity index (χ1v) is 7.04. The van der Waals surface area contributed by atoms with Crippen molar-refractivity contribution in [2.75, 3.05) is 6.54 Å². The zero-order chi connectivity index (χ0) is 14.7. The highest BCUT2D eigenvalue weighted by Crippen LogP contribution is 2.23. The molecule has 0 spiro atoms. The molecular formula is C17H18N2O2. The van der Waals surface area contributed by atoms with Gasteiger partial charge < -0.3 is 14.9 Å². The predicted molar refractivity (Wildman–Crippen MR) is 82.4 cm³/mol. The molecule has 0 aliphatic rings. The van der Waals surface area contributed by atoms with E-state index in [0.29, 0.717) is 18.9 Å². The SMILES string of the molecule is CC(CN)Oc1ccc2nc(Cc3ccccc3)oc2c1. The number of fused-ring (bicyclic) bond motifs is 1. The summed E-state index contributed by atoms with van der Waals surface area (Å²) < 4.78 is 11.5. The van der Waals surface area contributed by atoms with Gasteiger partial charge in [-0.15, -0.1) is 0 Å². The van der Waals surface area contributed by atoms with Gasteiger partial charge in [-0.05, 0) is 24.6 Å². The van der Waals surface area contributed by atoms with Crippen LogP contribution in [0, 0.1) is 0 Å². The maximum atomic E-state index is 5.81. The zero-order valence-electron chi connectivity index (χ0n) is 12.0. The van der Waals surface area contributed by atoms with Crippen molar-refractivity contribution in [2.24, 2.45) is 5.73 Å². The van der Waals surface area contributed by atoms with Crippen LogP contribution in [0.3, 0.4) is 0 Å². The second-order valence-corrected chi connectivity index (χ2v) is 5.06. The minimum Gasteiger partial charge on any atom is -0.489 e. The van der Waals surface area contributed by atoms with E-state index in [-0.39, 0.29) is 6.10 Å². The number of rotatable bonds is 5. The lowest BCUT2D eigenvalue weighted by Crippen LogP contribution is -2.22. The fourth-order valence-electron chi connectivity index (χ4n) is 2.15. The van der Waals surface area contributed by atoms with Crippen LogP contribution < -0.4 is 10.5 Å². The summed E-state index contributed by atoms with van der Waals surface area (Å²) in [6.45, 7) is 2.42. The summed E-state index contributed by atoms with van der Waals surface area (Å²) in [4.78, 5) is 4.50. The van der Waals surface area contributed by atoms with Crippen molar-refractivity contribution in [3.05, 3.63) is 60.0 Å². The third-order valence-electron chi connectivity index (χ3n) is 3.27. The number of aromatic nitrogens is 1. The number of oxazole rings is 1. The minimum atomic E-state index is -0.0193. The Morgan fingerprint density at radius 2 is 2.00 bits per heavy atom.